The highest BCUT2D eigenvalue weighted by atomic mass is 16.2. The van der Waals surface area contributed by atoms with Gasteiger partial charge in [0.05, 0.1) is 11.4 Å². The van der Waals surface area contributed by atoms with Crippen LogP contribution in [0.2, 0.25) is 0 Å². The third kappa shape index (κ3) is 1.64. The van der Waals surface area contributed by atoms with Gasteiger partial charge in [-0.05, 0) is 38.3 Å². The molecular weight excluding hydrogens is 226 g/mol. The molecule has 4 nitrogen and oxygen atoms in total. The minimum atomic E-state index is -0.477. The Labute approximate surface area is 107 Å². The van der Waals surface area contributed by atoms with Gasteiger partial charge in [-0.1, -0.05) is 6.07 Å². The fourth-order valence-electron chi connectivity index (χ4n) is 2.84. The van der Waals surface area contributed by atoms with Crippen molar-refractivity contribution >= 4 is 11.6 Å². The van der Waals surface area contributed by atoms with Gasteiger partial charge in [-0.2, -0.15) is 0 Å². The van der Waals surface area contributed by atoms with E-state index in [0.717, 1.165) is 42.9 Å². The van der Waals surface area contributed by atoms with Crippen LogP contribution < -0.4 is 0 Å². The lowest BCUT2D eigenvalue weighted by Gasteiger charge is -2.16. The second-order valence-electron chi connectivity index (χ2n) is 5.23. The number of hydrogen-bond acceptors (Lipinski definition) is 3. The maximum atomic E-state index is 12.2. The molecule has 1 amide bonds. The predicted octanol–water partition coefficient (Wildman–Crippen LogP) is 1.57. The molecule has 2 aliphatic rings. The van der Waals surface area contributed by atoms with Gasteiger partial charge in [0.25, 0.3) is 0 Å². The van der Waals surface area contributed by atoms with Crippen molar-refractivity contribution < 1.29 is 4.79 Å². The summed E-state index contributed by atoms with van der Waals surface area (Å²) in [4.78, 5) is 23.2. The van der Waals surface area contributed by atoms with E-state index in [4.69, 9.17) is 4.99 Å². The monoisotopic (exact) mass is 243 g/mol. The molecule has 1 saturated heterocycles. The van der Waals surface area contributed by atoms with Crippen LogP contribution >= 0.6 is 0 Å². The molecule has 0 unspecified atom stereocenters. The van der Waals surface area contributed by atoms with E-state index in [9.17, 15) is 4.79 Å². The van der Waals surface area contributed by atoms with Crippen LogP contribution in [-0.4, -0.2) is 40.6 Å². The standard InChI is InChI=1S/C14H17N3O/c1-10-4-3-5-11(15-10)12-6-7-14(16-12)8-9-17(2)13(14)18/h3-5H,6-9H2,1-2H3/t14-/m1/s1. The minimum absolute atomic E-state index is 0.171. The molecule has 18 heavy (non-hydrogen) atoms. The molecule has 1 fully saturated rings. The third-order valence-electron chi connectivity index (χ3n) is 3.91. The van der Waals surface area contributed by atoms with Gasteiger partial charge in [-0.15, -0.1) is 0 Å². The fraction of sp³-hybridized carbons (Fsp3) is 0.500. The first-order valence-corrected chi connectivity index (χ1v) is 6.39. The van der Waals surface area contributed by atoms with E-state index in [1.54, 1.807) is 4.90 Å². The molecule has 0 radical (unpaired) electrons. The zero-order valence-corrected chi connectivity index (χ0v) is 10.8. The zero-order chi connectivity index (χ0) is 12.8. The van der Waals surface area contributed by atoms with Crippen molar-refractivity contribution in [3.63, 3.8) is 0 Å². The van der Waals surface area contributed by atoms with Gasteiger partial charge < -0.3 is 4.90 Å². The summed E-state index contributed by atoms with van der Waals surface area (Å²) in [6.07, 6.45) is 2.54. The number of likely N-dealkylation sites (tertiary alicyclic amines) is 1. The lowest BCUT2D eigenvalue weighted by molar-refractivity contribution is -0.130. The van der Waals surface area contributed by atoms with Crippen molar-refractivity contribution in [3.8, 4) is 0 Å². The number of likely N-dealkylation sites (N-methyl/N-ethyl adjacent to an activating group) is 1. The number of rotatable bonds is 1. The Hall–Kier alpha value is -1.71. The first-order chi connectivity index (χ1) is 8.61. The Morgan fingerprint density at radius 3 is 2.83 bits per heavy atom. The molecule has 0 saturated carbocycles. The van der Waals surface area contributed by atoms with Gasteiger partial charge in [-0.25, -0.2) is 0 Å². The second-order valence-corrected chi connectivity index (χ2v) is 5.23. The first-order valence-electron chi connectivity index (χ1n) is 6.39. The van der Waals surface area contributed by atoms with Crippen LogP contribution in [0.1, 0.15) is 30.7 Å². The van der Waals surface area contributed by atoms with E-state index in [1.807, 2.05) is 32.2 Å². The number of aromatic nitrogens is 1. The minimum Gasteiger partial charge on any atom is -0.344 e. The fourth-order valence-corrected chi connectivity index (χ4v) is 2.84. The van der Waals surface area contributed by atoms with E-state index in [2.05, 4.69) is 4.98 Å². The van der Waals surface area contributed by atoms with E-state index >= 15 is 0 Å². The lowest BCUT2D eigenvalue weighted by atomic mass is 9.95. The van der Waals surface area contributed by atoms with Crippen molar-refractivity contribution in [1.82, 2.24) is 9.88 Å². The molecule has 4 heteroatoms. The molecular formula is C14H17N3O. The maximum Gasteiger partial charge on any atom is 0.250 e. The normalized spacial score (nSPS) is 27.1. The molecule has 0 aromatic carbocycles. The second kappa shape index (κ2) is 3.90. The van der Waals surface area contributed by atoms with Gasteiger partial charge in [0.2, 0.25) is 5.91 Å². The Balaban J connectivity index is 1.95. The summed E-state index contributed by atoms with van der Waals surface area (Å²) in [5, 5.41) is 0. The van der Waals surface area contributed by atoms with Crippen LogP contribution in [0.5, 0.6) is 0 Å². The van der Waals surface area contributed by atoms with Gasteiger partial charge in [0, 0.05) is 19.3 Å². The van der Waals surface area contributed by atoms with Crippen molar-refractivity contribution in [2.75, 3.05) is 13.6 Å². The molecule has 0 bridgehead atoms. The maximum absolute atomic E-state index is 12.2. The summed E-state index contributed by atoms with van der Waals surface area (Å²) >= 11 is 0. The molecule has 1 aromatic heterocycles. The summed E-state index contributed by atoms with van der Waals surface area (Å²) in [7, 11) is 1.86. The number of hydrogen-bond donors (Lipinski definition) is 0. The number of carbonyl (C=O) groups is 1. The Morgan fingerprint density at radius 1 is 1.33 bits per heavy atom. The van der Waals surface area contributed by atoms with Crippen LogP contribution in [0.4, 0.5) is 0 Å². The van der Waals surface area contributed by atoms with Crippen LogP contribution in [-0.2, 0) is 4.79 Å². The molecule has 0 aliphatic carbocycles. The Kier molecular flexibility index (Phi) is 2.47. The summed E-state index contributed by atoms with van der Waals surface area (Å²) in [5.74, 6) is 0.171. The van der Waals surface area contributed by atoms with Crippen LogP contribution in [0.25, 0.3) is 0 Å². The van der Waals surface area contributed by atoms with Gasteiger partial charge in [-0.3, -0.25) is 14.8 Å². The van der Waals surface area contributed by atoms with Gasteiger partial charge >= 0.3 is 0 Å². The highest BCUT2D eigenvalue weighted by Gasteiger charge is 2.48. The number of aliphatic imine (C=N–C) groups is 1. The summed E-state index contributed by atoms with van der Waals surface area (Å²) < 4.78 is 0. The van der Waals surface area contributed by atoms with E-state index in [-0.39, 0.29) is 5.91 Å². The molecule has 94 valence electrons. The van der Waals surface area contributed by atoms with Gasteiger partial charge in [0.15, 0.2) is 0 Å². The molecule has 1 atom stereocenters. The van der Waals surface area contributed by atoms with E-state index in [0.29, 0.717) is 0 Å². The number of pyridine rings is 1. The molecule has 0 N–H and O–H groups in total. The molecule has 1 spiro atoms. The largest absolute Gasteiger partial charge is 0.344 e. The number of nitrogens with zero attached hydrogens (tertiary/aromatic N) is 3. The van der Waals surface area contributed by atoms with Crippen LogP contribution in [0.3, 0.4) is 0 Å². The molecule has 1 aromatic rings. The quantitative estimate of drug-likeness (QED) is 0.751. The highest BCUT2D eigenvalue weighted by molar-refractivity contribution is 6.04. The Morgan fingerprint density at radius 2 is 2.17 bits per heavy atom. The Bertz CT molecular complexity index is 538. The summed E-state index contributed by atoms with van der Waals surface area (Å²) in [6.45, 7) is 2.79. The van der Waals surface area contributed by atoms with Crippen LogP contribution in [0.15, 0.2) is 23.2 Å². The molecule has 2 aliphatic heterocycles. The number of carbonyl (C=O) groups excluding carboxylic acids is 1. The zero-order valence-electron chi connectivity index (χ0n) is 10.8. The van der Waals surface area contributed by atoms with Crippen molar-refractivity contribution in [2.24, 2.45) is 4.99 Å². The predicted molar refractivity (Wildman–Crippen MR) is 69.7 cm³/mol. The average Bonchev–Trinajstić information content (AvgIpc) is 2.91. The molecule has 3 heterocycles. The third-order valence-corrected chi connectivity index (χ3v) is 3.91. The van der Waals surface area contributed by atoms with E-state index in [1.165, 1.54) is 0 Å². The van der Waals surface area contributed by atoms with Crippen molar-refractivity contribution in [1.29, 1.82) is 0 Å². The highest BCUT2D eigenvalue weighted by Crippen LogP contribution is 2.36. The summed E-state index contributed by atoms with van der Waals surface area (Å²) in [5.41, 5.74) is 2.43. The lowest BCUT2D eigenvalue weighted by Crippen LogP contribution is -2.35. The SMILES string of the molecule is Cc1cccc(C2=N[C@]3(CC2)CCN(C)C3=O)n1. The first kappa shape index (κ1) is 11.4. The number of amides is 1. The summed E-state index contributed by atoms with van der Waals surface area (Å²) in [6, 6.07) is 5.95. The smallest absolute Gasteiger partial charge is 0.250 e. The van der Waals surface area contributed by atoms with E-state index < -0.39 is 5.54 Å². The van der Waals surface area contributed by atoms with Crippen molar-refractivity contribution in [2.45, 2.75) is 31.7 Å². The van der Waals surface area contributed by atoms with Gasteiger partial charge in [0.1, 0.15) is 5.54 Å². The van der Waals surface area contributed by atoms with Crippen LogP contribution in [0, 0.1) is 6.92 Å². The number of aryl methyl sites for hydroxylation is 1. The average molecular weight is 243 g/mol. The molecule has 3 rings (SSSR count). The van der Waals surface area contributed by atoms with Crippen molar-refractivity contribution in [3.05, 3.63) is 29.6 Å². The topological polar surface area (TPSA) is 45.6 Å².